The number of anilines is 1. The third-order valence-electron chi connectivity index (χ3n) is 5.24. The average Bonchev–Trinajstić information content (AvgIpc) is 2.91. The van der Waals surface area contributed by atoms with Gasteiger partial charge in [-0.15, -0.1) is 0 Å². The summed E-state index contributed by atoms with van der Waals surface area (Å²) in [5, 5.41) is 11.7. The number of aryl methyl sites for hydroxylation is 2. The highest BCUT2D eigenvalue weighted by molar-refractivity contribution is 9.10. The standard InChI is InChI=1S/C23H23BrN4O3/c1-15-10-16(2)12-19(11-15)27(9-5-8-25)20(29)14-28-21(30)23(3,26-22(28)31)17-6-4-7-18(24)13-17/h4,6-7,10-13H,5,9,14H2,1-3H3,(H,26,31). The zero-order valence-corrected chi connectivity index (χ0v) is 19.2. The topological polar surface area (TPSA) is 93.5 Å². The maximum atomic E-state index is 13.2. The molecule has 160 valence electrons. The molecule has 1 fully saturated rings. The first kappa shape index (κ1) is 22.5. The number of carbonyl (C=O) groups is 3. The largest absolute Gasteiger partial charge is 0.325 e. The average molecular weight is 483 g/mol. The van der Waals surface area contributed by atoms with Crippen molar-refractivity contribution in [1.82, 2.24) is 10.2 Å². The Kier molecular flexibility index (Phi) is 6.46. The van der Waals surface area contributed by atoms with E-state index in [0.29, 0.717) is 11.3 Å². The minimum absolute atomic E-state index is 0.134. The first-order chi connectivity index (χ1) is 14.7. The number of urea groups is 1. The number of carbonyl (C=O) groups excluding carboxylic acids is 3. The van der Waals surface area contributed by atoms with E-state index in [4.69, 9.17) is 5.26 Å². The number of nitriles is 1. The molecule has 1 aliphatic rings. The zero-order chi connectivity index (χ0) is 22.8. The second-order valence-electron chi connectivity index (χ2n) is 7.76. The Hall–Kier alpha value is -3.18. The summed E-state index contributed by atoms with van der Waals surface area (Å²) in [6.07, 6.45) is 0.134. The van der Waals surface area contributed by atoms with Crippen molar-refractivity contribution in [1.29, 1.82) is 5.26 Å². The maximum absolute atomic E-state index is 13.2. The molecular weight excluding hydrogens is 460 g/mol. The highest BCUT2D eigenvalue weighted by atomic mass is 79.9. The van der Waals surface area contributed by atoms with Crippen molar-refractivity contribution >= 4 is 39.5 Å². The van der Waals surface area contributed by atoms with E-state index in [2.05, 4.69) is 21.2 Å². The van der Waals surface area contributed by atoms with Crippen molar-refractivity contribution in [2.24, 2.45) is 0 Å². The molecule has 1 N–H and O–H groups in total. The summed E-state index contributed by atoms with van der Waals surface area (Å²) in [6.45, 7) is 5.23. The summed E-state index contributed by atoms with van der Waals surface area (Å²) in [5.74, 6) is -0.924. The predicted octanol–water partition coefficient (Wildman–Crippen LogP) is 3.78. The van der Waals surface area contributed by atoms with Crippen LogP contribution in [0.3, 0.4) is 0 Å². The van der Waals surface area contributed by atoms with Crippen LogP contribution in [-0.4, -0.2) is 35.8 Å². The van der Waals surface area contributed by atoms with Crippen LogP contribution in [0.15, 0.2) is 46.9 Å². The predicted molar refractivity (Wildman–Crippen MR) is 120 cm³/mol. The van der Waals surface area contributed by atoms with Gasteiger partial charge in [-0.1, -0.05) is 34.1 Å². The molecule has 0 bridgehead atoms. The highest BCUT2D eigenvalue weighted by Gasteiger charge is 2.49. The van der Waals surface area contributed by atoms with Crippen molar-refractivity contribution < 1.29 is 14.4 Å². The fourth-order valence-electron chi connectivity index (χ4n) is 3.72. The summed E-state index contributed by atoms with van der Waals surface area (Å²) in [5.41, 5.74) is 1.94. The summed E-state index contributed by atoms with van der Waals surface area (Å²) >= 11 is 3.38. The van der Waals surface area contributed by atoms with E-state index < -0.39 is 29.9 Å². The number of nitrogens with zero attached hydrogens (tertiary/aromatic N) is 3. The Bertz CT molecular complexity index is 1070. The number of halogens is 1. The molecule has 0 spiro atoms. The van der Waals surface area contributed by atoms with Crippen LogP contribution in [0.1, 0.15) is 30.0 Å². The van der Waals surface area contributed by atoms with Crippen LogP contribution in [0, 0.1) is 25.2 Å². The number of nitrogens with one attached hydrogen (secondary N) is 1. The van der Waals surface area contributed by atoms with Crippen LogP contribution in [0.2, 0.25) is 0 Å². The van der Waals surface area contributed by atoms with Gasteiger partial charge in [-0.3, -0.25) is 14.5 Å². The van der Waals surface area contributed by atoms with Gasteiger partial charge < -0.3 is 10.2 Å². The van der Waals surface area contributed by atoms with Crippen LogP contribution in [0.4, 0.5) is 10.5 Å². The van der Waals surface area contributed by atoms with Gasteiger partial charge in [-0.05, 0) is 61.7 Å². The third-order valence-corrected chi connectivity index (χ3v) is 5.73. The Morgan fingerprint density at radius 1 is 1.19 bits per heavy atom. The molecule has 1 heterocycles. The molecule has 1 unspecified atom stereocenters. The Morgan fingerprint density at radius 3 is 2.48 bits per heavy atom. The molecule has 0 saturated carbocycles. The van der Waals surface area contributed by atoms with E-state index in [1.165, 1.54) is 4.90 Å². The van der Waals surface area contributed by atoms with Gasteiger partial charge >= 0.3 is 6.03 Å². The molecule has 3 rings (SSSR count). The molecule has 1 atom stereocenters. The molecule has 0 radical (unpaired) electrons. The van der Waals surface area contributed by atoms with E-state index in [1.807, 2.05) is 44.2 Å². The lowest BCUT2D eigenvalue weighted by atomic mass is 9.92. The van der Waals surface area contributed by atoms with Crippen molar-refractivity contribution in [3.05, 3.63) is 63.6 Å². The first-order valence-electron chi connectivity index (χ1n) is 9.81. The monoisotopic (exact) mass is 482 g/mol. The summed E-state index contributed by atoms with van der Waals surface area (Å²) in [7, 11) is 0. The maximum Gasteiger partial charge on any atom is 0.325 e. The molecule has 7 nitrogen and oxygen atoms in total. The number of rotatable bonds is 6. The number of amides is 4. The van der Waals surface area contributed by atoms with Crippen LogP contribution in [0.25, 0.3) is 0 Å². The van der Waals surface area contributed by atoms with Gasteiger partial charge in [-0.2, -0.15) is 5.26 Å². The molecule has 8 heteroatoms. The molecule has 1 saturated heterocycles. The van der Waals surface area contributed by atoms with E-state index in [1.54, 1.807) is 25.1 Å². The van der Waals surface area contributed by atoms with Crippen molar-refractivity contribution in [3.63, 3.8) is 0 Å². The number of imide groups is 1. The SMILES string of the molecule is Cc1cc(C)cc(N(CCC#N)C(=O)CN2C(=O)NC(C)(c3cccc(Br)c3)C2=O)c1. The third kappa shape index (κ3) is 4.62. The normalized spacial score (nSPS) is 18.0. The molecule has 1 aliphatic heterocycles. The van der Waals surface area contributed by atoms with Crippen molar-refractivity contribution in [3.8, 4) is 6.07 Å². The van der Waals surface area contributed by atoms with E-state index >= 15 is 0 Å². The molecule has 2 aromatic rings. The fourth-order valence-corrected chi connectivity index (χ4v) is 4.12. The minimum Gasteiger partial charge on any atom is -0.319 e. The number of hydrogen-bond acceptors (Lipinski definition) is 4. The van der Waals surface area contributed by atoms with Crippen LogP contribution < -0.4 is 10.2 Å². The lowest BCUT2D eigenvalue weighted by molar-refractivity contribution is -0.134. The molecule has 0 aliphatic carbocycles. The molecule has 2 aromatic carbocycles. The van der Waals surface area contributed by atoms with Gasteiger partial charge in [0.05, 0.1) is 12.5 Å². The number of benzene rings is 2. The van der Waals surface area contributed by atoms with Crippen molar-refractivity contribution in [2.75, 3.05) is 18.0 Å². The quantitative estimate of drug-likeness (QED) is 0.633. The lowest BCUT2D eigenvalue weighted by Gasteiger charge is -2.25. The van der Waals surface area contributed by atoms with E-state index in [0.717, 1.165) is 20.5 Å². The van der Waals surface area contributed by atoms with Gasteiger partial charge in [0.1, 0.15) is 12.1 Å². The summed E-state index contributed by atoms with van der Waals surface area (Å²) < 4.78 is 0.778. The summed E-state index contributed by atoms with van der Waals surface area (Å²) in [4.78, 5) is 41.4. The molecular formula is C23H23BrN4O3. The zero-order valence-electron chi connectivity index (χ0n) is 17.6. The minimum atomic E-state index is -1.27. The van der Waals surface area contributed by atoms with Gasteiger partial charge in [-0.25, -0.2) is 4.79 Å². The molecule has 4 amide bonds. The highest BCUT2D eigenvalue weighted by Crippen LogP contribution is 2.30. The van der Waals surface area contributed by atoms with E-state index in [9.17, 15) is 14.4 Å². The van der Waals surface area contributed by atoms with Crippen LogP contribution >= 0.6 is 15.9 Å². The molecule has 0 aromatic heterocycles. The van der Waals surface area contributed by atoms with Gasteiger partial charge in [0, 0.05) is 16.7 Å². The number of hydrogen-bond donors (Lipinski definition) is 1. The van der Waals surface area contributed by atoms with Gasteiger partial charge in [0.15, 0.2) is 0 Å². The smallest absolute Gasteiger partial charge is 0.319 e. The lowest BCUT2D eigenvalue weighted by Crippen LogP contribution is -2.45. The second kappa shape index (κ2) is 8.90. The Labute approximate surface area is 189 Å². The van der Waals surface area contributed by atoms with E-state index in [-0.39, 0.29) is 13.0 Å². The molecule has 31 heavy (non-hydrogen) atoms. The summed E-state index contributed by atoms with van der Waals surface area (Å²) in [6, 6.07) is 14.2. The van der Waals surface area contributed by atoms with Gasteiger partial charge in [0.2, 0.25) is 5.91 Å². The Balaban J connectivity index is 1.87. The Morgan fingerprint density at radius 2 is 1.87 bits per heavy atom. The fraction of sp³-hybridized carbons (Fsp3) is 0.304. The van der Waals surface area contributed by atoms with Crippen molar-refractivity contribution in [2.45, 2.75) is 32.7 Å². The van der Waals surface area contributed by atoms with Crippen LogP contribution in [-0.2, 0) is 15.1 Å². The van der Waals surface area contributed by atoms with Crippen LogP contribution in [0.5, 0.6) is 0 Å². The first-order valence-corrected chi connectivity index (χ1v) is 10.6. The van der Waals surface area contributed by atoms with Gasteiger partial charge in [0.25, 0.3) is 5.91 Å². The second-order valence-corrected chi connectivity index (χ2v) is 8.67.